The van der Waals surface area contributed by atoms with Crippen molar-refractivity contribution in [2.75, 3.05) is 40.8 Å². The van der Waals surface area contributed by atoms with Gasteiger partial charge in [-0.25, -0.2) is 4.79 Å². The Hall–Kier alpha value is -2.08. The van der Waals surface area contributed by atoms with Gasteiger partial charge in [0.15, 0.2) is 0 Å². The molecule has 4 rings (SSSR count). The lowest BCUT2D eigenvalue weighted by Crippen LogP contribution is -2.56. The summed E-state index contributed by atoms with van der Waals surface area (Å²) in [5, 5.41) is 2.67. The Morgan fingerprint density at radius 1 is 1.13 bits per heavy atom. The van der Waals surface area contributed by atoms with Crippen LogP contribution in [0.15, 0.2) is 30.3 Å². The number of carbonyl (C=O) groups excluding carboxylic acids is 2. The Morgan fingerprint density at radius 3 is 2.33 bits per heavy atom. The molecule has 1 N–H and O–H groups in total. The van der Waals surface area contributed by atoms with Crippen LogP contribution in [-0.4, -0.2) is 73.0 Å². The van der Waals surface area contributed by atoms with Crippen LogP contribution in [0.5, 0.6) is 0 Å². The summed E-state index contributed by atoms with van der Waals surface area (Å²) in [7, 11) is 5.99. The van der Waals surface area contributed by atoms with Crippen LogP contribution in [-0.2, 0) is 10.3 Å². The summed E-state index contributed by atoms with van der Waals surface area (Å²) in [5.41, 5.74) is 1.22. The maximum atomic E-state index is 13.3. The van der Waals surface area contributed by atoms with E-state index in [0.29, 0.717) is 12.5 Å². The zero-order valence-corrected chi connectivity index (χ0v) is 18.7. The second-order valence-corrected chi connectivity index (χ2v) is 9.74. The summed E-state index contributed by atoms with van der Waals surface area (Å²) in [6, 6.07) is 10.9. The van der Waals surface area contributed by atoms with Crippen molar-refractivity contribution in [2.45, 2.75) is 56.0 Å². The zero-order chi connectivity index (χ0) is 21.4. The van der Waals surface area contributed by atoms with Gasteiger partial charge in [0, 0.05) is 25.7 Å². The van der Waals surface area contributed by atoms with Crippen LogP contribution in [0.1, 0.15) is 50.5 Å². The van der Waals surface area contributed by atoms with Crippen LogP contribution in [0.3, 0.4) is 0 Å². The molecule has 0 unspecified atom stereocenters. The Balaban J connectivity index is 1.58. The van der Waals surface area contributed by atoms with E-state index in [-0.39, 0.29) is 29.6 Å². The summed E-state index contributed by atoms with van der Waals surface area (Å²) < 4.78 is 0. The van der Waals surface area contributed by atoms with E-state index in [4.69, 9.17) is 0 Å². The van der Waals surface area contributed by atoms with Gasteiger partial charge in [-0.15, -0.1) is 0 Å². The van der Waals surface area contributed by atoms with Crippen LogP contribution >= 0.6 is 0 Å². The second-order valence-electron chi connectivity index (χ2n) is 9.74. The highest BCUT2D eigenvalue weighted by atomic mass is 16.2. The van der Waals surface area contributed by atoms with E-state index in [9.17, 15) is 9.59 Å². The molecule has 0 bridgehead atoms. The van der Waals surface area contributed by atoms with Gasteiger partial charge >= 0.3 is 6.03 Å². The Kier molecular flexibility index (Phi) is 5.80. The summed E-state index contributed by atoms with van der Waals surface area (Å²) >= 11 is 0. The van der Waals surface area contributed by atoms with Gasteiger partial charge in [0.1, 0.15) is 6.54 Å². The first kappa shape index (κ1) is 21.2. The highest BCUT2D eigenvalue weighted by molar-refractivity contribution is 5.85. The number of amides is 3. The fraction of sp³-hybridized carbons (Fsp3) is 0.667. The Labute approximate surface area is 180 Å². The molecule has 3 aliphatic rings. The minimum Gasteiger partial charge on any atom is -0.358 e. The second kappa shape index (κ2) is 8.22. The largest absolute Gasteiger partial charge is 0.358 e. The van der Waals surface area contributed by atoms with Crippen molar-refractivity contribution < 1.29 is 9.59 Å². The van der Waals surface area contributed by atoms with Crippen molar-refractivity contribution in [3.8, 4) is 0 Å². The first-order valence-corrected chi connectivity index (χ1v) is 11.4. The van der Waals surface area contributed by atoms with Crippen LogP contribution in [0.25, 0.3) is 0 Å². The van der Waals surface area contributed by atoms with E-state index < -0.39 is 0 Å². The van der Waals surface area contributed by atoms with Crippen molar-refractivity contribution in [1.82, 2.24) is 20.0 Å². The van der Waals surface area contributed by atoms with Crippen molar-refractivity contribution in [3.63, 3.8) is 0 Å². The van der Waals surface area contributed by atoms with Gasteiger partial charge < -0.3 is 15.1 Å². The maximum Gasteiger partial charge on any atom is 0.321 e. The molecule has 0 radical (unpaired) electrons. The van der Waals surface area contributed by atoms with Crippen molar-refractivity contribution >= 4 is 11.9 Å². The fourth-order valence-electron chi connectivity index (χ4n) is 5.76. The molecule has 1 aliphatic heterocycles. The highest BCUT2D eigenvalue weighted by Gasteiger charge is 2.55. The minimum absolute atomic E-state index is 0.00586. The predicted molar refractivity (Wildman–Crippen MR) is 118 cm³/mol. The number of benzene rings is 1. The standard InChI is InChI=1S/C24H36N4O2/c1-25-21(29)17-27-18-23(28(22(27)30)16-19-8-7-9-19)12-14-24(15-13-23,26(2)3)20-10-5-4-6-11-20/h4-6,10-11,19H,7-9,12-18H2,1-3H3,(H,25,29)/t23-,24+. The van der Waals surface area contributed by atoms with Gasteiger partial charge in [-0.2, -0.15) is 0 Å². The Morgan fingerprint density at radius 2 is 1.80 bits per heavy atom. The molecule has 2 saturated carbocycles. The average molecular weight is 413 g/mol. The third-order valence-corrected chi connectivity index (χ3v) is 8.01. The molecule has 164 valence electrons. The van der Waals surface area contributed by atoms with Gasteiger partial charge in [-0.1, -0.05) is 36.8 Å². The molecular weight excluding hydrogens is 376 g/mol. The zero-order valence-electron chi connectivity index (χ0n) is 18.7. The number of urea groups is 1. The van der Waals surface area contributed by atoms with Crippen LogP contribution < -0.4 is 5.32 Å². The number of hydrogen-bond donors (Lipinski definition) is 1. The topological polar surface area (TPSA) is 55.9 Å². The first-order chi connectivity index (χ1) is 14.4. The number of carbonyl (C=O) groups is 2. The molecule has 1 heterocycles. The van der Waals surface area contributed by atoms with E-state index in [0.717, 1.165) is 32.2 Å². The molecule has 2 aliphatic carbocycles. The minimum atomic E-state index is -0.144. The maximum absolute atomic E-state index is 13.3. The van der Waals surface area contributed by atoms with Gasteiger partial charge in [0.2, 0.25) is 5.91 Å². The third kappa shape index (κ3) is 3.59. The summed E-state index contributed by atoms with van der Waals surface area (Å²) in [6.07, 6.45) is 7.71. The van der Waals surface area contributed by atoms with Crippen LogP contribution in [0.4, 0.5) is 4.79 Å². The number of hydrogen-bond acceptors (Lipinski definition) is 3. The highest BCUT2D eigenvalue weighted by Crippen LogP contribution is 2.49. The predicted octanol–water partition coefficient (Wildman–Crippen LogP) is 3.04. The lowest BCUT2D eigenvalue weighted by atomic mass is 9.68. The lowest BCUT2D eigenvalue weighted by molar-refractivity contribution is -0.121. The van der Waals surface area contributed by atoms with Crippen LogP contribution in [0, 0.1) is 5.92 Å². The van der Waals surface area contributed by atoms with Gasteiger partial charge in [0.05, 0.1) is 5.54 Å². The number of nitrogens with one attached hydrogen (secondary N) is 1. The molecule has 30 heavy (non-hydrogen) atoms. The molecule has 1 aromatic carbocycles. The molecule has 3 amide bonds. The molecule has 6 nitrogen and oxygen atoms in total. The van der Waals surface area contributed by atoms with E-state index in [1.807, 2.05) is 0 Å². The third-order valence-electron chi connectivity index (χ3n) is 8.01. The fourth-order valence-corrected chi connectivity index (χ4v) is 5.76. The summed E-state index contributed by atoms with van der Waals surface area (Å²) in [5.74, 6) is 0.534. The van der Waals surface area contributed by atoms with E-state index in [1.165, 1.54) is 24.8 Å². The van der Waals surface area contributed by atoms with E-state index >= 15 is 0 Å². The normalized spacial score (nSPS) is 29.5. The molecule has 1 spiro atoms. The quantitative estimate of drug-likeness (QED) is 0.781. The van der Waals surface area contributed by atoms with E-state index in [2.05, 4.69) is 59.5 Å². The van der Waals surface area contributed by atoms with Crippen molar-refractivity contribution in [1.29, 1.82) is 0 Å². The van der Waals surface area contributed by atoms with Crippen LogP contribution in [0.2, 0.25) is 0 Å². The molecular formula is C24H36N4O2. The molecule has 1 saturated heterocycles. The Bertz CT molecular complexity index is 767. The molecule has 6 heteroatoms. The summed E-state index contributed by atoms with van der Waals surface area (Å²) in [6.45, 7) is 1.68. The van der Waals surface area contributed by atoms with Gasteiger partial charge in [-0.05, 0) is 64.1 Å². The van der Waals surface area contributed by atoms with Crippen molar-refractivity contribution in [3.05, 3.63) is 35.9 Å². The number of likely N-dealkylation sites (N-methyl/N-ethyl adjacent to an activating group) is 1. The number of nitrogens with zero attached hydrogens (tertiary/aromatic N) is 3. The SMILES string of the molecule is CNC(=O)CN1C[C@]2(CC[C@](c3ccccc3)(N(C)C)CC2)N(CC2CCC2)C1=O. The average Bonchev–Trinajstić information content (AvgIpc) is 2.96. The summed E-state index contributed by atoms with van der Waals surface area (Å²) in [4.78, 5) is 31.7. The lowest BCUT2D eigenvalue weighted by Gasteiger charge is -2.51. The van der Waals surface area contributed by atoms with Crippen molar-refractivity contribution in [2.24, 2.45) is 5.92 Å². The first-order valence-electron chi connectivity index (χ1n) is 11.4. The van der Waals surface area contributed by atoms with Gasteiger partial charge in [0.25, 0.3) is 0 Å². The molecule has 0 atom stereocenters. The van der Waals surface area contributed by atoms with Gasteiger partial charge in [-0.3, -0.25) is 9.69 Å². The molecule has 3 fully saturated rings. The molecule has 1 aromatic rings. The smallest absolute Gasteiger partial charge is 0.321 e. The number of rotatable bonds is 6. The van der Waals surface area contributed by atoms with E-state index in [1.54, 1.807) is 11.9 Å². The molecule has 0 aromatic heterocycles. The monoisotopic (exact) mass is 412 g/mol.